The number of allylic oxidation sites excluding steroid dienone is 1. The summed E-state index contributed by atoms with van der Waals surface area (Å²) in [4.78, 5) is 25.1. The van der Waals surface area contributed by atoms with E-state index in [0.29, 0.717) is 40.8 Å². The van der Waals surface area contributed by atoms with E-state index in [2.05, 4.69) is 27.4 Å². The van der Waals surface area contributed by atoms with Gasteiger partial charge in [0.25, 0.3) is 0 Å². The Labute approximate surface area is 196 Å². The SMILES string of the molecule is C=CCn1c(SCC(=O)NC(=O)NC23CC4CC(CC(C4)C2)C3)nnc1-c1ccccc1F. The minimum Gasteiger partial charge on any atom is -0.332 e. The summed E-state index contributed by atoms with van der Waals surface area (Å²) in [5.74, 6) is 1.71. The summed E-state index contributed by atoms with van der Waals surface area (Å²) in [7, 11) is 0. The Kier molecular flexibility index (Phi) is 5.99. The number of imide groups is 1. The number of hydrogen-bond acceptors (Lipinski definition) is 5. The Morgan fingerprint density at radius 2 is 1.82 bits per heavy atom. The number of halogens is 1. The maximum Gasteiger partial charge on any atom is 0.321 e. The monoisotopic (exact) mass is 469 g/mol. The molecule has 4 aliphatic carbocycles. The molecule has 0 saturated heterocycles. The van der Waals surface area contributed by atoms with Gasteiger partial charge in [-0.1, -0.05) is 30.0 Å². The number of aromatic nitrogens is 3. The number of urea groups is 1. The van der Waals surface area contributed by atoms with Crippen molar-refractivity contribution < 1.29 is 14.0 Å². The minimum atomic E-state index is -0.415. The van der Waals surface area contributed by atoms with Crippen LogP contribution in [0.4, 0.5) is 9.18 Å². The molecule has 2 aromatic rings. The topological polar surface area (TPSA) is 88.9 Å². The standard InChI is InChI=1S/C24H28FN5O2S/c1-2-7-30-21(18-5-3-4-6-19(18)25)28-29-23(30)33-14-20(31)26-22(32)27-24-11-15-8-16(12-24)10-17(9-15)13-24/h2-6,15-17H,1,7-14H2,(H2,26,27,31,32). The van der Waals surface area contributed by atoms with Crippen molar-refractivity contribution in [3.05, 3.63) is 42.7 Å². The first-order chi connectivity index (χ1) is 15.9. The van der Waals surface area contributed by atoms with E-state index in [4.69, 9.17) is 0 Å². The number of amides is 3. The summed E-state index contributed by atoms with van der Waals surface area (Å²) in [5, 5.41) is 14.3. The van der Waals surface area contributed by atoms with E-state index in [9.17, 15) is 14.0 Å². The van der Waals surface area contributed by atoms with Crippen LogP contribution in [-0.4, -0.2) is 38.0 Å². The molecule has 0 aliphatic heterocycles. The summed E-state index contributed by atoms with van der Waals surface area (Å²) in [6.45, 7) is 4.11. The Morgan fingerprint density at radius 1 is 1.15 bits per heavy atom. The third-order valence-electron chi connectivity index (χ3n) is 7.15. The van der Waals surface area contributed by atoms with Gasteiger partial charge in [0.15, 0.2) is 11.0 Å². The fraction of sp³-hybridized carbons (Fsp3) is 0.500. The van der Waals surface area contributed by atoms with Crippen molar-refractivity contribution in [3.63, 3.8) is 0 Å². The lowest BCUT2D eigenvalue weighted by Crippen LogP contribution is -2.61. The number of hydrogen-bond donors (Lipinski definition) is 2. The molecule has 6 rings (SSSR count). The highest BCUT2D eigenvalue weighted by Crippen LogP contribution is 2.55. The van der Waals surface area contributed by atoms with Crippen molar-refractivity contribution in [2.24, 2.45) is 17.8 Å². The van der Waals surface area contributed by atoms with Gasteiger partial charge in [0.1, 0.15) is 5.82 Å². The highest BCUT2D eigenvalue weighted by Gasteiger charge is 2.51. The molecule has 4 saturated carbocycles. The molecule has 7 nitrogen and oxygen atoms in total. The molecule has 4 fully saturated rings. The Bertz CT molecular complexity index is 1050. The smallest absolute Gasteiger partial charge is 0.321 e. The molecule has 0 spiro atoms. The van der Waals surface area contributed by atoms with Crippen molar-refractivity contribution in [1.29, 1.82) is 0 Å². The van der Waals surface area contributed by atoms with Crippen LogP contribution >= 0.6 is 11.8 Å². The third kappa shape index (κ3) is 4.55. The summed E-state index contributed by atoms with van der Waals surface area (Å²) in [6, 6.07) is 5.93. The van der Waals surface area contributed by atoms with E-state index < -0.39 is 17.8 Å². The van der Waals surface area contributed by atoms with Crippen molar-refractivity contribution in [2.75, 3.05) is 5.75 Å². The first kappa shape index (κ1) is 22.1. The van der Waals surface area contributed by atoms with E-state index in [0.717, 1.165) is 31.0 Å². The van der Waals surface area contributed by atoms with Crippen LogP contribution in [0.15, 0.2) is 42.1 Å². The predicted octanol–water partition coefficient (Wildman–Crippen LogP) is 4.16. The van der Waals surface area contributed by atoms with Crippen molar-refractivity contribution in [2.45, 2.75) is 55.8 Å². The maximum atomic E-state index is 14.2. The molecule has 1 aromatic heterocycles. The predicted molar refractivity (Wildman–Crippen MR) is 124 cm³/mol. The van der Waals surface area contributed by atoms with Crippen LogP contribution in [0.3, 0.4) is 0 Å². The van der Waals surface area contributed by atoms with Crippen molar-refractivity contribution in [3.8, 4) is 11.4 Å². The van der Waals surface area contributed by atoms with Gasteiger partial charge in [0.05, 0.1) is 11.3 Å². The number of thioether (sulfide) groups is 1. The second kappa shape index (κ2) is 8.93. The van der Waals surface area contributed by atoms with E-state index in [1.807, 2.05) is 0 Å². The third-order valence-corrected chi connectivity index (χ3v) is 8.11. The number of rotatable bonds is 7. The summed E-state index contributed by atoms with van der Waals surface area (Å²) < 4.78 is 16.0. The first-order valence-electron chi connectivity index (χ1n) is 11.5. The fourth-order valence-electron chi connectivity index (χ4n) is 6.36. The molecule has 1 aromatic carbocycles. The van der Waals surface area contributed by atoms with Gasteiger partial charge in [-0.05, 0) is 68.4 Å². The molecule has 2 N–H and O–H groups in total. The molecule has 0 radical (unpaired) electrons. The van der Waals surface area contributed by atoms with E-state index in [1.54, 1.807) is 28.8 Å². The summed E-state index contributed by atoms with van der Waals surface area (Å²) in [5.41, 5.74) is 0.184. The minimum absolute atomic E-state index is 0.000836. The normalized spacial score (nSPS) is 27.4. The Morgan fingerprint density at radius 3 is 2.45 bits per heavy atom. The van der Waals surface area contributed by atoms with Gasteiger partial charge in [0.2, 0.25) is 5.91 Å². The van der Waals surface area contributed by atoms with Crippen LogP contribution in [0.25, 0.3) is 11.4 Å². The zero-order valence-corrected chi connectivity index (χ0v) is 19.2. The highest BCUT2D eigenvalue weighted by atomic mass is 32.2. The average molecular weight is 470 g/mol. The maximum absolute atomic E-state index is 14.2. The van der Waals surface area contributed by atoms with Gasteiger partial charge in [-0.25, -0.2) is 9.18 Å². The quantitative estimate of drug-likeness (QED) is 0.470. The van der Waals surface area contributed by atoms with E-state index >= 15 is 0 Å². The summed E-state index contributed by atoms with van der Waals surface area (Å²) >= 11 is 1.16. The molecule has 174 valence electrons. The van der Waals surface area contributed by atoms with Gasteiger partial charge in [-0.3, -0.25) is 14.7 Å². The number of benzene rings is 1. The number of nitrogens with zero attached hydrogens (tertiary/aromatic N) is 3. The van der Waals surface area contributed by atoms with Crippen LogP contribution in [0.5, 0.6) is 0 Å². The fourth-order valence-corrected chi connectivity index (χ4v) is 7.11. The van der Waals surface area contributed by atoms with E-state index in [1.165, 1.54) is 25.3 Å². The van der Waals surface area contributed by atoms with Crippen LogP contribution in [0, 0.1) is 23.6 Å². The number of nitrogens with one attached hydrogen (secondary N) is 2. The molecule has 9 heteroatoms. The van der Waals surface area contributed by atoms with Gasteiger partial charge in [0, 0.05) is 12.1 Å². The van der Waals surface area contributed by atoms with Crippen LogP contribution < -0.4 is 10.6 Å². The molecular formula is C24H28FN5O2S. The van der Waals surface area contributed by atoms with Crippen LogP contribution in [-0.2, 0) is 11.3 Å². The van der Waals surface area contributed by atoms with Crippen LogP contribution in [0.2, 0.25) is 0 Å². The Hall–Kier alpha value is -2.68. The largest absolute Gasteiger partial charge is 0.332 e. The zero-order valence-electron chi connectivity index (χ0n) is 18.4. The molecule has 4 aliphatic rings. The molecule has 0 unspecified atom stereocenters. The molecule has 3 amide bonds. The Balaban J connectivity index is 1.20. The van der Waals surface area contributed by atoms with Gasteiger partial charge in [-0.2, -0.15) is 0 Å². The van der Waals surface area contributed by atoms with Crippen molar-refractivity contribution in [1.82, 2.24) is 25.4 Å². The van der Waals surface area contributed by atoms with Gasteiger partial charge < -0.3 is 5.32 Å². The lowest BCUT2D eigenvalue weighted by molar-refractivity contribution is -0.117. The zero-order chi connectivity index (χ0) is 23.0. The number of carbonyl (C=O) groups is 2. The van der Waals surface area contributed by atoms with E-state index in [-0.39, 0.29) is 11.3 Å². The number of carbonyl (C=O) groups excluding carboxylic acids is 2. The lowest BCUT2D eigenvalue weighted by Gasteiger charge is -2.56. The van der Waals surface area contributed by atoms with Crippen LogP contribution in [0.1, 0.15) is 38.5 Å². The van der Waals surface area contributed by atoms with Gasteiger partial charge in [-0.15, -0.1) is 16.8 Å². The molecule has 0 atom stereocenters. The first-order valence-corrected chi connectivity index (χ1v) is 12.5. The molecule has 4 bridgehead atoms. The van der Waals surface area contributed by atoms with Gasteiger partial charge >= 0.3 is 6.03 Å². The second-order valence-corrected chi connectivity index (χ2v) is 10.6. The molecule has 1 heterocycles. The second-order valence-electron chi connectivity index (χ2n) is 9.67. The highest BCUT2D eigenvalue weighted by molar-refractivity contribution is 7.99. The summed E-state index contributed by atoms with van der Waals surface area (Å²) in [6.07, 6.45) is 8.61. The average Bonchev–Trinajstić information content (AvgIpc) is 3.14. The lowest BCUT2D eigenvalue weighted by atomic mass is 9.53. The molecular weight excluding hydrogens is 441 g/mol. The van der Waals surface area contributed by atoms with Crippen molar-refractivity contribution >= 4 is 23.7 Å². The molecule has 33 heavy (non-hydrogen) atoms.